The second kappa shape index (κ2) is 4.94. The molecule has 0 spiro atoms. The Balaban J connectivity index is 2.12. The van der Waals surface area contributed by atoms with Gasteiger partial charge in [-0.05, 0) is 25.0 Å². The van der Waals surface area contributed by atoms with Gasteiger partial charge in [-0.15, -0.1) is 0 Å². The normalized spacial score (nSPS) is 23.9. The van der Waals surface area contributed by atoms with E-state index in [1.165, 1.54) is 6.07 Å². The number of methoxy groups -OCH3 is 1. The van der Waals surface area contributed by atoms with Crippen LogP contribution in [-0.4, -0.2) is 31.6 Å². The minimum Gasteiger partial charge on any atom is -0.380 e. The van der Waals surface area contributed by atoms with Crippen LogP contribution in [0.3, 0.4) is 0 Å². The number of halogens is 1. The minimum atomic E-state index is -0.336. The molecule has 2 rings (SSSR count). The Morgan fingerprint density at radius 2 is 2.29 bits per heavy atom. The zero-order chi connectivity index (χ0) is 12.4. The first-order valence-electron chi connectivity index (χ1n) is 5.68. The van der Waals surface area contributed by atoms with E-state index in [1.54, 1.807) is 26.2 Å². The van der Waals surface area contributed by atoms with Crippen LogP contribution in [-0.2, 0) is 4.74 Å². The largest absolute Gasteiger partial charge is 0.380 e. The van der Waals surface area contributed by atoms with E-state index in [2.05, 4.69) is 5.32 Å². The zero-order valence-electron chi connectivity index (χ0n) is 10.00. The van der Waals surface area contributed by atoms with Gasteiger partial charge in [-0.25, -0.2) is 4.39 Å². The maximum atomic E-state index is 13.4. The van der Waals surface area contributed by atoms with Gasteiger partial charge in [0.25, 0.3) is 0 Å². The van der Waals surface area contributed by atoms with Crippen LogP contribution in [0.5, 0.6) is 0 Å². The molecule has 1 aliphatic heterocycles. The van der Waals surface area contributed by atoms with Crippen molar-refractivity contribution in [3.63, 3.8) is 0 Å². The summed E-state index contributed by atoms with van der Waals surface area (Å²) >= 11 is 0. The van der Waals surface area contributed by atoms with E-state index in [0.717, 1.165) is 0 Å². The molecule has 17 heavy (non-hydrogen) atoms. The monoisotopic (exact) mass is 237 g/mol. The molecule has 4 heteroatoms. The summed E-state index contributed by atoms with van der Waals surface area (Å²) in [6.45, 7) is 2.35. The van der Waals surface area contributed by atoms with Gasteiger partial charge in [0.2, 0.25) is 0 Å². The third-order valence-corrected chi connectivity index (χ3v) is 3.20. The molecule has 2 unspecified atom stereocenters. The van der Waals surface area contributed by atoms with Gasteiger partial charge in [0.1, 0.15) is 5.82 Å². The van der Waals surface area contributed by atoms with Crippen molar-refractivity contribution in [2.45, 2.75) is 25.5 Å². The molecule has 0 radical (unpaired) electrons. The summed E-state index contributed by atoms with van der Waals surface area (Å²) in [5.74, 6) is -0.402. The Bertz CT molecular complexity index is 433. The number of carbonyl (C=O) groups is 1. The molecule has 1 saturated heterocycles. The van der Waals surface area contributed by atoms with E-state index < -0.39 is 0 Å². The number of ketones is 1. The standard InChI is InChI=1S/C13H16FNO2/c1-8-3-4-9(5-11(8)14)13(16)12-6-10(17-2)7-15-12/h3-5,10,12,15H,6-7H2,1-2H3. The molecule has 0 bridgehead atoms. The van der Waals surface area contributed by atoms with Crippen LogP contribution < -0.4 is 5.32 Å². The summed E-state index contributed by atoms with van der Waals surface area (Å²) in [4.78, 5) is 12.1. The van der Waals surface area contributed by atoms with Gasteiger partial charge in [-0.2, -0.15) is 0 Å². The Hall–Kier alpha value is -1.26. The van der Waals surface area contributed by atoms with Gasteiger partial charge in [0.15, 0.2) is 5.78 Å². The number of nitrogens with one attached hydrogen (secondary N) is 1. The number of ether oxygens (including phenoxy) is 1. The quantitative estimate of drug-likeness (QED) is 0.813. The molecule has 1 aromatic rings. The van der Waals surface area contributed by atoms with E-state index in [9.17, 15) is 9.18 Å². The maximum absolute atomic E-state index is 13.4. The number of hydrogen-bond donors (Lipinski definition) is 1. The fraction of sp³-hybridized carbons (Fsp3) is 0.462. The van der Waals surface area contributed by atoms with E-state index in [1.807, 2.05) is 0 Å². The number of carbonyl (C=O) groups excluding carboxylic acids is 1. The molecule has 1 heterocycles. The average molecular weight is 237 g/mol. The lowest BCUT2D eigenvalue weighted by Gasteiger charge is -2.09. The summed E-state index contributed by atoms with van der Waals surface area (Å²) in [5.41, 5.74) is 0.970. The highest BCUT2D eigenvalue weighted by molar-refractivity contribution is 6.00. The van der Waals surface area contributed by atoms with Crippen molar-refractivity contribution in [2.75, 3.05) is 13.7 Å². The molecule has 0 aliphatic carbocycles. The first-order valence-corrected chi connectivity index (χ1v) is 5.68. The van der Waals surface area contributed by atoms with Crippen LogP contribution in [0.4, 0.5) is 4.39 Å². The van der Waals surface area contributed by atoms with Crippen molar-refractivity contribution in [3.8, 4) is 0 Å². The first kappa shape index (κ1) is 12.2. The second-order valence-corrected chi connectivity index (χ2v) is 4.38. The van der Waals surface area contributed by atoms with E-state index >= 15 is 0 Å². The highest BCUT2D eigenvalue weighted by atomic mass is 19.1. The fourth-order valence-electron chi connectivity index (χ4n) is 2.03. The predicted molar refractivity (Wildman–Crippen MR) is 62.7 cm³/mol. The Morgan fingerprint density at radius 3 is 2.88 bits per heavy atom. The van der Waals surface area contributed by atoms with Crippen molar-refractivity contribution in [3.05, 3.63) is 35.1 Å². The highest BCUT2D eigenvalue weighted by Gasteiger charge is 2.30. The van der Waals surface area contributed by atoms with E-state index in [0.29, 0.717) is 24.1 Å². The number of hydrogen-bond acceptors (Lipinski definition) is 3. The number of aryl methyl sites for hydroxylation is 1. The maximum Gasteiger partial charge on any atom is 0.179 e. The van der Waals surface area contributed by atoms with Crippen LogP contribution >= 0.6 is 0 Å². The lowest BCUT2D eigenvalue weighted by atomic mass is 10.0. The summed E-state index contributed by atoms with van der Waals surface area (Å²) in [5, 5.41) is 3.09. The van der Waals surface area contributed by atoms with Crippen LogP contribution in [0.15, 0.2) is 18.2 Å². The summed E-state index contributed by atoms with van der Waals surface area (Å²) in [6.07, 6.45) is 0.712. The summed E-state index contributed by atoms with van der Waals surface area (Å²) in [7, 11) is 1.63. The summed E-state index contributed by atoms with van der Waals surface area (Å²) < 4.78 is 18.6. The SMILES string of the molecule is COC1CNC(C(=O)c2ccc(C)c(F)c2)C1. The van der Waals surface area contributed by atoms with E-state index in [-0.39, 0.29) is 23.7 Å². The van der Waals surface area contributed by atoms with Crippen molar-refractivity contribution in [2.24, 2.45) is 0 Å². The molecule has 1 aliphatic rings. The predicted octanol–water partition coefficient (Wildman–Crippen LogP) is 1.69. The third-order valence-electron chi connectivity index (χ3n) is 3.20. The number of benzene rings is 1. The minimum absolute atomic E-state index is 0.0662. The Kier molecular flexibility index (Phi) is 3.54. The van der Waals surface area contributed by atoms with E-state index in [4.69, 9.17) is 4.74 Å². The third kappa shape index (κ3) is 2.53. The van der Waals surface area contributed by atoms with Gasteiger partial charge in [-0.3, -0.25) is 4.79 Å². The smallest absolute Gasteiger partial charge is 0.179 e. The topological polar surface area (TPSA) is 38.3 Å². The Labute approximate surface area is 100.0 Å². The van der Waals surface area contributed by atoms with Crippen LogP contribution in [0, 0.1) is 12.7 Å². The van der Waals surface area contributed by atoms with Crippen molar-refractivity contribution in [1.82, 2.24) is 5.32 Å². The molecule has 3 nitrogen and oxygen atoms in total. The molecule has 1 aromatic carbocycles. The molecular weight excluding hydrogens is 221 g/mol. The molecule has 0 aromatic heterocycles. The fourth-order valence-corrected chi connectivity index (χ4v) is 2.03. The Morgan fingerprint density at radius 1 is 1.53 bits per heavy atom. The molecule has 92 valence electrons. The van der Waals surface area contributed by atoms with Gasteiger partial charge in [0, 0.05) is 19.2 Å². The van der Waals surface area contributed by atoms with Crippen molar-refractivity contribution < 1.29 is 13.9 Å². The van der Waals surface area contributed by atoms with Gasteiger partial charge >= 0.3 is 0 Å². The van der Waals surface area contributed by atoms with Crippen LogP contribution in [0.2, 0.25) is 0 Å². The lowest BCUT2D eigenvalue weighted by molar-refractivity contribution is 0.0918. The first-order chi connectivity index (χ1) is 8.11. The molecule has 0 saturated carbocycles. The molecule has 1 fully saturated rings. The van der Waals surface area contributed by atoms with Crippen LogP contribution in [0.25, 0.3) is 0 Å². The number of rotatable bonds is 3. The number of Topliss-reactive ketones (excluding diaryl/α,β-unsaturated/α-hetero) is 1. The summed E-state index contributed by atoms with van der Waals surface area (Å²) in [6, 6.07) is 4.34. The molecule has 1 N–H and O–H groups in total. The van der Waals surface area contributed by atoms with Crippen LogP contribution in [0.1, 0.15) is 22.3 Å². The molecule has 2 atom stereocenters. The average Bonchev–Trinajstić information content (AvgIpc) is 2.80. The highest BCUT2D eigenvalue weighted by Crippen LogP contribution is 2.16. The van der Waals surface area contributed by atoms with Crippen molar-refractivity contribution in [1.29, 1.82) is 0 Å². The van der Waals surface area contributed by atoms with Crippen molar-refractivity contribution >= 4 is 5.78 Å². The second-order valence-electron chi connectivity index (χ2n) is 4.38. The van der Waals surface area contributed by atoms with Gasteiger partial charge in [0.05, 0.1) is 12.1 Å². The van der Waals surface area contributed by atoms with Gasteiger partial charge < -0.3 is 10.1 Å². The molecule has 0 amide bonds. The van der Waals surface area contributed by atoms with Gasteiger partial charge in [-0.1, -0.05) is 12.1 Å². The molecular formula is C13H16FNO2. The zero-order valence-corrected chi connectivity index (χ0v) is 10.00. The lowest BCUT2D eigenvalue weighted by Crippen LogP contribution is -2.30.